The number of rotatable bonds is 7. The van der Waals surface area contributed by atoms with E-state index in [9.17, 15) is 14.4 Å². The Morgan fingerprint density at radius 3 is 2.63 bits per heavy atom. The first-order valence-electron chi connectivity index (χ1n) is 8.91. The van der Waals surface area contributed by atoms with Crippen LogP contribution in [0.4, 0.5) is 0 Å². The minimum atomic E-state index is -0.362. The van der Waals surface area contributed by atoms with E-state index >= 15 is 0 Å². The number of nitrogens with one attached hydrogen (secondary N) is 1. The van der Waals surface area contributed by atoms with Gasteiger partial charge in [-0.2, -0.15) is 0 Å². The highest BCUT2D eigenvalue weighted by Gasteiger charge is 2.19. The van der Waals surface area contributed by atoms with Gasteiger partial charge in [-0.05, 0) is 43.3 Å². The van der Waals surface area contributed by atoms with E-state index in [0.717, 1.165) is 0 Å². The number of H-pyrrole nitrogens is 1. The Morgan fingerprint density at radius 2 is 2.04 bits per heavy atom. The lowest BCUT2D eigenvalue weighted by molar-refractivity contribution is -0.140. The van der Waals surface area contributed by atoms with Crippen LogP contribution in [0.2, 0.25) is 0 Å². The zero-order chi connectivity index (χ0) is 20.1. The summed E-state index contributed by atoms with van der Waals surface area (Å²) in [5.74, 6) is -0.317. The van der Waals surface area contributed by atoms with Gasteiger partial charge in [-0.3, -0.25) is 19.0 Å². The maximum absolute atomic E-state index is 13.0. The summed E-state index contributed by atoms with van der Waals surface area (Å²) in [7, 11) is 1.32. The van der Waals surface area contributed by atoms with Crippen LogP contribution in [0.15, 0.2) is 23.0 Å². The van der Waals surface area contributed by atoms with Gasteiger partial charge in [-0.25, -0.2) is 0 Å². The van der Waals surface area contributed by atoms with Crippen molar-refractivity contribution in [3.63, 3.8) is 0 Å². The lowest BCUT2D eigenvalue weighted by atomic mass is 10.1. The fraction of sp³-hybridized carbons (Fsp3) is 0.474. The van der Waals surface area contributed by atoms with Crippen LogP contribution >= 0.6 is 12.2 Å². The van der Waals surface area contributed by atoms with Gasteiger partial charge in [0.05, 0.1) is 24.4 Å². The number of amides is 1. The topological polar surface area (TPSA) is 84.4 Å². The summed E-state index contributed by atoms with van der Waals surface area (Å²) >= 11 is 5.23. The smallest absolute Gasteiger partial charge is 0.307 e. The van der Waals surface area contributed by atoms with E-state index in [1.165, 1.54) is 11.7 Å². The molecule has 0 saturated heterocycles. The largest absolute Gasteiger partial charge is 0.469 e. The number of carbonyl (C=O) groups excluding carboxylic acids is 2. The van der Waals surface area contributed by atoms with Gasteiger partial charge in [0.15, 0.2) is 4.77 Å². The van der Waals surface area contributed by atoms with Gasteiger partial charge in [-0.15, -0.1) is 0 Å². The lowest BCUT2D eigenvalue weighted by Gasteiger charge is -2.24. The molecule has 0 radical (unpaired) electrons. The zero-order valence-electron chi connectivity index (χ0n) is 16.1. The highest BCUT2D eigenvalue weighted by atomic mass is 32.1. The Labute approximate surface area is 162 Å². The van der Waals surface area contributed by atoms with Gasteiger partial charge in [-0.1, -0.05) is 13.8 Å². The number of nitrogens with zero attached hydrogens (tertiary/aromatic N) is 2. The molecule has 8 heteroatoms. The maximum atomic E-state index is 13.0. The molecule has 1 heterocycles. The number of benzene rings is 1. The zero-order valence-corrected chi connectivity index (χ0v) is 16.9. The number of ether oxygens (including phenoxy) is 1. The number of esters is 1. The summed E-state index contributed by atoms with van der Waals surface area (Å²) in [6, 6.07) is 4.91. The Hall–Kier alpha value is -2.48. The van der Waals surface area contributed by atoms with Crippen LogP contribution in [0.1, 0.15) is 37.6 Å². The lowest BCUT2D eigenvalue weighted by Crippen LogP contribution is -2.36. The number of hydrogen-bond acceptors (Lipinski definition) is 5. The molecule has 7 nitrogen and oxygen atoms in total. The second kappa shape index (κ2) is 8.94. The van der Waals surface area contributed by atoms with E-state index in [0.29, 0.717) is 34.3 Å². The van der Waals surface area contributed by atoms with Crippen molar-refractivity contribution in [1.29, 1.82) is 0 Å². The van der Waals surface area contributed by atoms with Crippen LogP contribution in [-0.4, -0.2) is 46.5 Å². The van der Waals surface area contributed by atoms with E-state index in [1.54, 1.807) is 23.1 Å². The van der Waals surface area contributed by atoms with Crippen LogP contribution in [0.3, 0.4) is 0 Å². The Balaban J connectivity index is 2.40. The van der Waals surface area contributed by atoms with Crippen LogP contribution in [0, 0.1) is 10.7 Å². The van der Waals surface area contributed by atoms with Gasteiger partial charge in [0.2, 0.25) is 0 Å². The Kier molecular flexibility index (Phi) is 6.90. The molecular weight excluding hydrogens is 366 g/mol. The number of methoxy groups -OCH3 is 1. The molecule has 0 aliphatic heterocycles. The van der Waals surface area contributed by atoms with Crippen molar-refractivity contribution in [1.82, 2.24) is 14.5 Å². The average molecular weight is 391 g/mol. The molecule has 1 aromatic carbocycles. The predicted molar refractivity (Wildman–Crippen MR) is 106 cm³/mol. The second-order valence-corrected chi connectivity index (χ2v) is 7.10. The summed E-state index contributed by atoms with van der Waals surface area (Å²) in [6.45, 7) is 7.11. The van der Waals surface area contributed by atoms with Gasteiger partial charge >= 0.3 is 5.97 Å². The summed E-state index contributed by atoms with van der Waals surface area (Å²) in [6.07, 6.45) is 0.131. The third-order valence-electron chi connectivity index (χ3n) is 4.23. The minimum Gasteiger partial charge on any atom is -0.469 e. The van der Waals surface area contributed by atoms with Crippen LogP contribution in [-0.2, 0) is 16.1 Å². The molecule has 2 rings (SSSR count). The third kappa shape index (κ3) is 4.82. The van der Waals surface area contributed by atoms with Crippen molar-refractivity contribution in [2.24, 2.45) is 5.92 Å². The molecule has 0 unspecified atom stereocenters. The fourth-order valence-electron chi connectivity index (χ4n) is 2.90. The summed E-state index contributed by atoms with van der Waals surface area (Å²) < 4.78 is 6.46. The quantitative estimate of drug-likeness (QED) is 0.579. The molecule has 0 aliphatic carbocycles. The van der Waals surface area contributed by atoms with E-state index in [1.807, 2.05) is 20.8 Å². The first-order valence-corrected chi connectivity index (χ1v) is 9.32. The highest BCUT2D eigenvalue weighted by Crippen LogP contribution is 2.14. The van der Waals surface area contributed by atoms with Gasteiger partial charge in [0.1, 0.15) is 0 Å². The number of carbonyl (C=O) groups is 2. The van der Waals surface area contributed by atoms with Crippen molar-refractivity contribution < 1.29 is 14.3 Å². The molecule has 1 aromatic heterocycles. The third-order valence-corrected chi connectivity index (χ3v) is 4.55. The molecule has 0 bridgehead atoms. The number of fused-ring (bicyclic) bond motifs is 1. The fourth-order valence-corrected chi connectivity index (χ4v) is 3.22. The Morgan fingerprint density at radius 1 is 1.33 bits per heavy atom. The molecular formula is C19H25N3O4S. The minimum absolute atomic E-state index is 0.131. The first-order chi connectivity index (χ1) is 12.8. The maximum Gasteiger partial charge on any atom is 0.307 e. The monoisotopic (exact) mass is 391 g/mol. The van der Waals surface area contributed by atoms with Crippen molar-refractivity contribution >= 4 is 35.0 Å². The molecule has 0 fully saturated rings. The molecule has 0 spiro atoms. The predicted octanol–water partition coefficient (Wildman–Crippen LogP) is 2.74. The van der Waals surface area contributed by atoms with Gasteiger partial charge in [0, 0.05) is 25.2 Å². The van der Waals surface area contributed by atoms with E-state index in [4.69, 9.17) is 12.2 Å². The molecule has 0 saturated carbocycles. The highest BCUT2D eigenvalue weighted by molar-refractivity contribution is 7.71. The molecule has 0 atom stereocenters. The standard InChI is InChI=1S/C19H25N3O4S/c1-5-22-18(25)14-7-6-13(10-15(14)20-19(22)27)17(24)21(11-12(2)3)9-8-16(23)26-4/h6-7,10,12H,5,8-9,11H2,1-4H3,(H,20,27). The molecule has 0 aliphatic rings. The van der Waals surface area contributed by atoms with E-state index in [2.05, 4.69) is 9.72 Å². The van der Waals surface area contributed by atoms with E-state index < -0.39 is 0 Å². The second-order valence-electron chi connectivity index (χ2n) is 6.71. The van der Waals surface area contributed by atoms with Gasteiger partial charge < -0.3 is 14.6 Å². The summed E-state index contributed by atoms with van der Waals surface area (Å²) in [5.41, 5.74) is 0.783. The van der Waals surface area contributed by atoms with Crippen molar-refractivity contribution in [3.05, 3.63) is 38.9 Å². The van der Waals surface area contributed by atoms with Gasteiger partial charge in [0.25, 0.3) is 11.5 Å². The normalized spacial score (nSPS) is 11.0. The van der Waals surface area contributed by atoms with Crippen LogP contribution in [0.5, 0.6) is 0 Å². The molecule has 146 valence electrons. The van der Waals surface area contributed by atoms with Crippen molar-refractivity contribution in [2.75, 3.05) is 20.2 Å². The summed E-state index contributed by atoms with van der Waals surface area (Å²) in [5, 5.41) is 0.479. The average Bonchev–Trinajstić information content (AvgIpc) is 2.63. The van der Waals surface area contributed by atoms with Crippen molar-refractivity contribution in [3.8, 4) is 0 Å². The van der Waals surface area contributed by atoms with Crippen LogP contribution in [0.25, 0.3) is 10.9 Å². The van der Waals surface area contributed by atoms with E-state index in [-0.39, 0.29) is 36.3 Å². The number of aromatic amines is 1. The SMILES string of the molecule is CCn1c(=S)[nH]c2cc(C(=O)N(CCC(=O)OC)CC(C)C)ccc2c1=O. The molecule has 27 heavy (non-hydrogen) atoms. The summed E-state index contributed by atoms with van der Waals surface area (Å²) in [4.78, 5) is 41.6. The first kappa shape index (κ1) is 20.8. The van der Waals surface area contributed by atoms with Crippen molar-refractivity contribution in [2.45, 2.75) is 33.7 Å². The molecule has 1 N–H and O–H groups in total. The van der Waals surface area contributed by atoms with Crippen LogP contribution < -0.4 is 5.56 Å². The number of hydrogen-bond donors (Lipinski definition) is 1. The molecule has 1 amide bonds. The number of aromatic nitrogens is 2. The Bertz CT molecular complexity index is 962. The molecule has 2 aromatic rings.